The van der Waals surface area contributed by atoms with Crippen molar-refractivity contribution in [1.82, 2.24) is 10.3 Å². The van der Waals surface area contributed by atoms with Crippen LogP contribution in [0.2, 0.25) is 0 Å². The van der Waals surface area contributed by atoms with E-state index in [9.17, 15) is 9.59 Å². The zero-order chi connectivity index (χ0) is 25.3. The Morgan fingerprint density at radius 2 is 1.80 bits per heavy atom. The van der Waals surface area contributed by atoms with Crippen LogP contribution in [-0.2, 0) is 20.7 Å². The number of aromatic nitrogens is 2. The van der Waals surface area contributed by atoms with E-state index in [1.165, 1.54) is 6.42 Å². The van der Waals surface area contributed by atoms with Gasteiger partial charge in [0.25, 0.3) is 0 Å². The first-order valence-electron chi connectivity index (χ1n) is 13.1. The first-order chi connectivity index (χ1) is 16.5. The lowest BCUT2D eigenvalue weighted by Crippen LogP contribution is -2.26. The third-order valence-electron chi connectivity index (χ3n) is 6.93. The quantitative estimate of drug-likeness (QED) is 0.340. The van der Waals surface area contributed by atoms with E-state index in [1.54, 1.807) is 13.0 Å². The van der Waals surface area contributed by atoms with E-state index in [0.29, 0.717) is 29.2 Å². The predicted molar refractivity (Wildman–Crippen MR) is 131 cm³/mol. The zero-order valence-electron chi connectivity index (χ0n) is 22.1. The summed E-state index contributed by atoms with van der Waals surface area (Å²) in [5.41, 5.74) is 1.97. The second-order valence-electron chi connectivity index (χ2n) is 12.1. The molecule has 2 aromatic rings. The lowest BCUT2D eigenvalue weighted by molar-refractivity contribution is -0.155. The Labute approximate surface area is 208 Å². The molecule has 7 nitrogen and oxygen atoms in total. The maximum atomic E-state index is 13.0. The number of ether oxygens (including phenoxy) is 1. The number of hydrogen-bond donors (Lipinski definition) is 0. The summed E-state index contributed by atoms with van der Waals surface area (Å²) in [5, 5.41) is 8.46. The van der Waals surface area contributed by atoms with Crippen molar-refractivity contribution in [2.45, 2.75) is 116 Å². The topological polar surface area (TPSA) is 95.4 Å². The van der Waals surface area contributed by atoms with Gasteiger partial charge in [0.15, 0.2) is 0 Å². The molecule has 192 valence electrons. The van der Waals surface area contributed by atoms with Crippen LogP contribution in [-0.4, -0.2) is 27.7 Å². The van der Waals surface area contributed by atoms with Gasteiger partial charge in [-0.05, 0) is 77.6 Å². The zero-order valence-corrected chi connectivity index (χ0v) is 22.1. The van der Waals surface area contributed by atoms with Crippen LogP contribution in [0.4, 0.5) is 0 Å². The molecule has 7 heteroatoms. The molecule has 35 heavy (non-hydrogen) atoms. The number of carbonyl (C=O) groups excluding carboxylic acids is 2. The first-order valence-corrected chi connectivity index (χ1v) is 13.1. The molecule has 0 spiro atoms. The monoisotopic (exact) mass is 484 g/mol. The molecule has 2 aliphatic carbocycles. The normalized spacial score (nSPS) is 21.1. The summed E-state index contributed by atoms with van der Waals surface area (Å²) in [5.74, 6) is 3.24. The number of rotatable bonds is 11. The summed E-state index contributed by atoms with van der Waals surface area (Å²) in [6, 6.07) is 1.77. The van der Waals surface area contributed by atoms with Crippen molar-refractivity contribution in [1.29, 1.82) is 0 Å². The Kier molecular flexibility index (Phi) is 7.53. The second-order valence-corrected chi connectivity index (χ2v) is 12.1. The summed E-state index contributed by atoms with van der Waals surface area (Å²) < 4.78 is 16.7. The van der Waals surface area contributed by atoms with E-state index in [4.69, 9.17) is 13.8 Å². The van der Waals surface area contributed by atoms with Crippen molar-refractivity contribution < 1.29 is 23.4 Å². The molecule has 0 unspecified atom stereocenters. The SMILES string of the molecule is Cc1cc(CC(=O)C[C@H](CC(=O)OC(C)(C)C)c2noc(C3CC(CC(C)C)C3)c2C2CC2)no1. The molecule has 0 aromatic carbocycles. The van der Waals surface area contributed by atoms with E-state index in [1.807, 2.05) is 20.8 Å². The first kappa shape index (κ1) is 25.6. The molecule has 0 saturated heterocycles. The highest BCUT2D eigenvalue weighted by Crippen LogP contribution is 2.52. The molecule has 0 N–H and O–H groups in total. The fraction of sp³-hybridized carbons (Fsp3) is 0.714. The minimum atomic E-state index is -0.588. The Balaban J connectivity index is 1.54. The molecule has 2 aromatic heterocycles. The molecule has 4 rings (SSSR count). The average molecular weight is 485 g/mol. The molecule has 0 amide bonds. The van der Waals surface area contributed by atoms with Crippen LogP contribution in [0.5, 0.6) is 0 Å². The maximum Gasteiger partial charge on any atom is 0.306 e. The molecular formula is C28H40N2O5. The Morgan fingerprint density at radius 3 is 2.37 bits per heavy atom. The fourth-order valence-electron chi connectivity index (χ4n) is 5.40. The highest BCUT2D eigenvalue weighted by atomic mass is 16.6. The van der Waals surface area contributed by atoms with Crippen molar-refractivity contribution in [2.75, 3.05) is 0 Å². The van der Waals surface area contributed by atoms with Crippen molar-refractivity contribution in [2.24, 2.45) is 11.8 Å². The summed E-state index contributed by atoms with van der Waals surface area (Å²) in [4.78, 5) is 25.8. The third kappa shape index (κ3) is 6.83. The number of esters is 1. The molecule has 2 saturated carbocycles. The van der Waals surface area contributed by atoms with Crippen LogP contribution in [0.1, 0.15) is 126 Å². The van der Waals surface area contributed by atoms with Gasteiger partial charge in [-0.3, -0.25) is 9.59 Å². The van der Waals surface area contributed by atoms with E-state index < -0.39 is 5.60 Å². The number of carbonyl (C=O) groups is 2. The van der Waals surface area contributed by atoms with Gasteiger partial charge in [0.1, 0.15) is 22.9 Å². The maximum absolute atomic E-state index is 13.0. The molecule has 2 heterocycles. The molecular weight excluding hydrogens is 444 g/mol. The van der Waals surface area contributed by atoms with Crippen molar-refractivity contribution in [3.63, 3.8) is 0 Å². The highest BCUT2D eigenvalue weighted by molar-refractivity contribution is 5.82. The van der Waals surface area contributed by atoms with Gasteiger partial charge in [0.05, 0.1) is 24.2 Å². The van der Waals surface area contributed by atoms with E-state index >= 15 is 0 Å². The summed E-state index contributed by atoms with van der Waals surface area (Å²) in [6.07, 6.45) is 6.19. The second kappa shape index (κ2) is 10.3. The minimum Gasteiger partial charge on any atom is -0.460 e. The van der Waals surface area contributed by atoms with Crippen LogP contribution < -0.4 is 0 Å². The summed E-state index contributed by atoms with van der Waals surface area (Å²) >= 11 is 0. The van der Waals surface area contributed by atoms with Gasteiger partial charge in [-0.15, -0.1) is 0 Å². The van der Waals surface area contributed by atoms with Gasteiger partial charge < -0.3 is 13.8 Å². The lowest BCUT2D eigenvalue weighted by atomic mass is 9.69. The number of aryl methyl sites for hydroxylation is 1. The Hall–Kier alpha value is -2.44. The smallest absolute Gasteiger partial charge is 0.306 e. The van der Waals surface area contributed by atoms with Gasteiger partial charge in [-0.25, -0.2) is 0 Å². The van der Waals surface area contributed by atoms with Crippen molar-refractivity contribution >= 4 is 11.8 Å². The van der Waals surface area contributed by atoms with Crippen LogP contribution in [0.15, 0.2) is 15.1 Å². The molecule has 0 bridgehead atoms. The molecule has 2 fully saturated rings. The van der Waals surface area contributed by atoms with Gasteiger partial charge in [-0.2, -0.15) is 0 Å². The highest BCUT2D eigenvalue weighted by Gasteiger charge is 2.42. The van der Waals surface area contributed by atoms with Crippen molar-refractivity contribution in [3.05, 3.63) is 34.5 Å². The van der Waals surface area contributed by atoms with Crippen LogP contribution in [0.3, 0.4) is 0 Å². The Morgan fingerprint density at radius 1 is 1.09 bits per heavy atom. The van der Waals surface area contributed by atoms with Crippen LogP contribution in [0.25, 0.3) is 0 Å². The summed E-state index contributed by atoms with van der Waals surface area (Å²) in [7, 11) is 0. The van der Waals surface area contributed by atoms with Gasteiger partial charge in [0, 0.05) is 29.9 Å². The molecule has 2 aliphatic rings. The number of nitrogens with zero attached hydrogens (tertiary/aromatic N) is 2. The molecule has 1 atom stereocenters. The van der Waals surface area contributed by atoms with E-state index in [-0.39, 0.29) is 36.9 Å². The standard InChI is InChI=1S/C28H40N2O5/c1-16(2)9-18-11-21(12-18)27-25(19-7-8-19)26(30-35-27)20(14-24(32)33-28(4,5)6)13-23(31)15-22-10-17(3)34-29-22/h10,16,18-21H,7-9,11-15H2,1-6H3/t18?,20-,21?/m1/s1. The Bertz CT molecular complexity index is 1030. The van der Waals surface area contributed by atoms with E-state index in [2.05, 4.69) is 24.2 Å². The number of Topliss-reactive ketones (excluding diaryl/α,β-unsaturated/α-hetero) is 1. The number of ketones is 1. The van der Waals surface area contributed by atoms with Crippen LogP contribution >= 0.6 is 0 Å². The van der Waals surface area contributed by atoms with E-state index in [0.717, 1.165) is 48.6 Å². The van der Waals surface area contributed by atoms with Gasteiger partial charge in [-0.1, -0.05) is 24.2 Å². The lowest BCUT2D eigenvalue weighted by Gasteiger charge is -2.35. The predicted octanol–water partition coefficient (Wildman–Crippen LogP) is 6.41. The third-order valence-corrected chi connectivity index (χ3v) is 6.93. The number of hydrogen-bond acceptors (Lipinski definition) is 7. The average Bonchev–Trinajstić information content (AvgIpc) is 3.31. The molecule has 0 aliphatic heterocycles. The van der Waals surface area contributed by atoms with Crippen LogP contribution in [0, 0.1) is 18.8 Å². The fourth-order valence-corrected chi connectivity index (χ4v) is 5.40. The minimum absolute atomic E-state index is 0.00111. The largest absolute Gasteiger partial charge is 0.460 e. The van der Waals surface area contributed by atoms with Gasteiger partial charge >= 0.3 is 5.97 Å². The van der Waals surface area contributed by atoms with Crippen molar-refractivity contribution in [3.8, 4) is 0 Å². The van der Waals surface area contributed by atoms with Gasteiger partial charge in [0.2, 0.25) is 0 Å². The summed E-state index contributed by atoms with van der Waals surface area (Å²) in [6.45, 7) is 11.9. The molecule has 0 radical (unpaired) electrons.